The van der Waals surface area contributed by atoms with Crippen LogP contribution in [0.25, 0.3) is 0 Å². The lowest BCUT2D eigenvalue weighted by molar-refractivity contribution is -0.146. The van der Waals surface area contributed by atoms with Gasteiger partial charge in [0.1, 0.15) is 5.54 Å². The second-order valence-electron chi connectivity index (χ2n) is 5.34. The van der Waals surface area contributed by atoms with E-state index < -0.39 is 21.5 Å². The molecule has 0 aromatic heterocycles. The molecule has 1 heterocycles. The summed E-state index contributed by atoms with van der Waals surface area (Å²) in [5.74, 6) is -1.31. The Hall–Kier alpha value is -1.73. The van der Waals surface area contributed by atoms with Crippen LogP contribution in [0.3, 0.4) is 0 Å². The molecule has 1 N–H and O–H groups in total. The highest BCUT2D eigenvalue weighted by molar-refractivity contribution is 7.89. The smallest absolute Gasteiger partial charge is 0.324 e. The number of Topliss-reactive ketones (excluding diaryl/α,β-unsaturated/α-hetero) is 1. The minimum atomic E-state index is -3.89. The highest BCUT2D eigenvalue weighted by atomic mass is 32.2. The fourth-order valence-electron chi connectivity index (χ4n) is 2.53. The SMILES string of the molecule is CC(=O)c1ccc(S(=O)(=O)N2CCCC2(C)C(=O)O)cc1. The van der Waals surface area contributed by atoms with Crippen molar-refractivity contribution in [3.8, 4) is 0 Å². The lowest BCUT2D eigenvalue weighted by atomic mass is 10.0. The summed E-state index contributed by atoms with van der Waals surface area (Å²) in [6.07, 6.45) is 0.792. The van der Waals surface area contributed by atoms with Crippen molar-refractivity contribution in [1.82, 2.24) is 4.31 Å². The molecule has 1 aromatic rings. The average Bonchev–Trinajstić information content (AvgIpc) is 2.83. The van der Waals surface area contributed by atoms with Crippen LogP contribution in [0, 0.1) is 0 Å². The molecule has 21 heavy (non-hydrogen) atoms. The molecule has 1 fully saturated rings. The number of nitrogens with zero attached hydrogens (tertiary/aromatic N) is 1. The summed E-state index contributed by atoms with van der Waals surface area (Å²) < 4.78 is 26.3. The zero-order valence-corrected chi connectivity index (χ0v) is 12.7. The fraction of sp³-hybridized carbons (Fsp3) is 0.429. The molecule has 6 nitrogen and oxygen atoms in total. The molecule has 0 radical (unpaired) electrons. The van der Waals surface area contributed by atoms with Crippen molar-refractivity contribution in [2.75, 3.05) is 6.54 Å². The van der Waals surface area contributed by atoms with Crippen LogP contribution in [0.4, 0.5) is 0 Å². The first-order valence-corrected chi connectivity index (χ1v) is 8.01. The van der Waals surface area contributed by atoms with Crippen molar-refractivity contribution in [3.05, 3.63) is 29.8 Å². The van der Waals surface area contributed by atoms with Crippen molar-refractivity contribution < 1.29 is 23.1 Å². The average molecular weight is 311 g/mol. The number of carboxylic acid groups (broad SMARTS) is 1. The Labute approximate surface area is 123 Å². The molecule has 0 spiro atoms. The predicted octanol–water partition coefficient (Wildman–Crippen LogP) is 1.52. The van der Waals surface area contributed by atoms with Crippen LogP contribution in [0.2, 0.25) is 0 Å². The Morgan fingerprint density at radius 3 is 2.29 bits per heavy atom. The van der Waals surface area contributed by atoms with Gasteiger partial charge in [-0.1, -0.05) is 12.1 Å². The topological polar surface area (TPSA) is 91.8 Å². The van der Waals surface area contributed by atoms with E-state index in [4.69, 9.17) is 0 Å². The predicted molar refractivity (Wildman–Crippen MR) is 75.6 cm³/mol. The van der Waals surface area contributed by atoms with Crippen LogP contribution in [0.15, 0.2) is 29.2 Å². The minimum absolute atomic E-state index is 0.00174. The third-order valence-electron chi connectivity index (χ3n) is 3.88. The standard InChI is InChI=1S/C14H17NO5S/c1-10(16)11-4-6-12(7-5-11)21(19,20)15-9-3-8-14(15,2)13(17)18/h4-7H,3,8-9H2,1-2H3,(H,17,18). The molecule has 0 bridgehead atoms. The second-order valence-corrected chi connectivity index (χ2v) is 7.20. The summed E-state index contributed by atoms with van der Waals surface area (Å²) in [4.78, 5) is 22.6. The van der Waals surface area contributed by atoms with E-state index in [1.807, 2.05) is 0 Å². The van der Waals surface area contributed by atoms with E-state index in [1.165, 1.54) is 38.1 Å². The number of sulfonamides is 1. The molecule has 2 rings (SSSR count). The quantitative estimate of drug-likeness (QED) is 0.851. The van der Waals surface area contributed by atoms with Crippen LogP contribution < -0.4 is 0 Å². The third kappa shape index (κ3) is 2.58. The highest BCUT2D eigenvalue weighted by Crippen LogP contribution is 2.34. The van der Waals surface area contributed by atoms with E-state index >= 15 is 0 Å². The maximum absolute atomic E-state index is 12.6. The molecule has 1 saturated heterocycles. The monoisotopic (exact) mass is 311 g/mol. The van der Waals surface area contributed by atoms with Gasteiger partial charge in [-0.3, -0.25) is 9.59 Å². The molecule has 1 unspecified atom stereocenters. The molecule has 114 valence electrons. The van der Waals surface area contributed by atoms with Crippen LogP contribution in [-0.2, 0) is 14.8 Å². The van der Waals surface area contributed by atoms with E-state index in [1.54, 1.807) is 0 Å². The molecular formula is C14H17NO5S. The number of rotatable bonds is 4. The minimum Gasteiger partial charge on any atom is -0.480 e. The first-order valence-electron chi connectivity index (χ1n) is 6.57. The molecule has 0 saturated carbocycles. The first kappa shape index (κ1) is 15.7. The van der Waals surface area contributed by atoms with Gasteiger partial charge < -0.3 is 5.11 Å². The van der Waals surface area contributed by atoms with E-state index in [9.17, 15) is 23.1 Å². The van der Waals surface area contributed by atoms with Gasteiger partial charge in [0.25, 0.3) is 0 Å². The Balaban J connectivity index is 2.42. The van der Waals surface area contributed by atoms with Gasteiger partial charge in [-0.05, 0) is 38.8 Å². The lowest BCUT2D eigenvalue weighted by Crippen LogP contribution is -2.50. The van der Waals surface area contributed by atoms with Gasteiger partial charge in [0.05, 0.1) is 4.90 Å². The third-order valence-corrected chi connectivity index (χ3v) is 5.92. The van der Waals surface area contributed by atoms with Gasteiger partial charge in [-0.25, -0.2) is 8.42 Å². The van der Waals surface area contributed by atoms with Crippen molar-refractivity contribution in [1.29, 1.82) is 0 Å². The van der Waals surface area contributed by atoms with Gasteiger partial charge in [0.2, 0.25) is 10.0 Å². The fourth-order valence-corrected chi connectivity index (χ4v) is 4.33. The zero-order valence-electron chi connectivity index (χ0n) is 11.9. The van der Waals surface area contributed by atoms with Crippen molar-refractivity contribution in [2.24, 2.45) is 0 Å². The number of benzene rings is 1. The Bertz CT molecular complexity index is 680. The second kappa shape index (κ2) is 5.23. The molecule has 1 atom stereocenters. The molecule has 1 aliphatic heterocycles. The summed E-state index contributed by atoms with van der Waals surface area (Å²) in [7, 11) is -3.89. The van der Waals surface area contributed by atoms with Gasteiger partial charge in [0.15, 0.2) is 5.78 Å². The molecule has 1 aromatic carbocycles. The number of aliphatic carboxylic acids is 1. The van der Waals surface area contributed by atoms with Crippen LogP contribution in [-0.4, -0.2) is 41.7 Å². The van der Waals surface area contributed by atoms with Gasteiger partial charge in [-0.2, -0.15) is 4.31 Å². The number of carbonyl (C=O) groups is 2. The first-order chi connectivity index (χ1) is 9.69. The van der Waals surface area contributed by atoms with Gasteiger partial charge in [-0.15, -0.1) is 0 Å². The van der Waals surface area contributed by atoms with Crippen LogP contribution in [0.1, 0.15) is 37.0 Å². The molecule has 0 aliphatic carbocycles. The maximum Gasteiger partial charge on any atom is 0.324 e. The molecule has 7 heteroatoms. The van der Waals surface area contributed by atoms with Crippen molar-refractivity contribution in [3.63, 3.8) is 0 Å². The van der Waals surface area contributed by atoms with E-state index in [0.29, 0.717) is 12.0 Å². The van der Waals surface area contributed by atoms with Crippen molar-refractivity contribution >= 4 is 21.8 Å². The number of ketones is 1. The van der Waals surface area contributed by atoms with Crippen LogP contribution in [0.5, 0.6) is 0 Å². The summed E-state index contributed by atoms with van der Waals surface area (Å²) >= 11 is 0. The van der Waals surface area contributed by atoms with E-state index in [0.717, 1.165) is 4.31 Å². The zero-order chi connectivity index (χ0) is 15.8. The number of hydrogen-bond donors (Lipinski definition) is 1. The van der Waals surface area contributed by atoms with Crippen LogP contribution >= 0.6 is 0 Å². The molecular weight excluding hydrogens is 294 g/mol. The van der Waals surface area contributed by atoms with Gasteiger partial charge >= 0.3 is 5.97 Å². The summed E-state index contributed by atoms with van der Waals surface area (Å²) in [5.41, 5.74) is -1.01. The van der Waals surface area contributed by atoms with E-state index in [2.05, 4.69) is 0 Å². The largest absolute Gasteiger partial charge is 0.480 e. The maximum atomic E-state index is 12.6. The van der Waals surface area contributed by atoms with Gasteiger partial charge in [0, 0.05) is 12.1 Å². The lowest BCUT2D eigenvalue weighted by Gasteiger charge is -2.30. The molecule has 0 amide bonds. The Morgan fingerprint density at radius 2 is 1.81 bits per heavy atom. The van der Waals surface area contributed by atoms with Crippen molar-refractivity contribution in [2.45, 2.75) is 37.1 Å². The number of carboxylic acids is 1. The summed E-state index contributed by atoms with van der Waals surface area (Å²) in [6.45, 7) is 2.99. The Morgan fingerprint density at radius 1 is 1.24 bits per heavy atom. The summed E-state index contributed by atoms with van der Waals surface area (Å²) in [5, 5.41) is 9.32. The van der Waals surface area contributed by atoms with E-state index in [-0.39, 0.29) is 23.6 Å². The highest BCUT2D eigenvalue weighted by Gasteiger charge is 2.49. The number of hydrogen-bond acceptors (Lipinski definition) is 4. The Kier molecular flexibility index (Phi) is 3.90. The summed E-state index contributed by atoms with van der Waals surface area (Å²) in [6, 6.07) is 5.55. The molecule has 1 aliphatic rings. The normalized spacial score (nSPS) is 23.1. The number of carbonyl (C=O) groups excluding carboxylic acids is 1.